The minimum atomic E-state index is -3.69. The summed E-state index contributed by atoms with van der Waals surface area (Å²) in [6.07, 6.45) is 4.50. The minimum absolute atomic E-state index is 0.209. The molecule has 2 heterocycles. The highest BCUT2D eigenvalue weighted by molar-refractivity contribution is 7.89. The van der Waals surface area contributed by atoms with Crippen molar-refractivity contribution in [3.63, 3.8) is 0 Å². The molecular weight excluding hydrogens is 366 g/mol. The van der Waals surface area contributed by atoms with E-state index in [9.17, 15) is 13.2 Å². The minimum Gasteiger partial charge on any atom is -0.322 e. The number of carbonyl (C=O) groups excluding carboxylic acids is 1. The number of anilines is 1. The van der Waals surface area contributed by atoms with Crippen LogP contribution in [0.15, 0.2) is 47.6 Å². The molecule has 0 saturated carbocycles. The second-order valence-corrected chi connectivity index (χ2v) is 8.76. The van der Waals surface area contributed by atoms with E-state index in [2.05, 4.69) is 10.4 Å². The van der Waals surface area contributed by atoms with Crippen LogP contribution in [0.1, 0.15) is 12.8 Å². The van der Waals surface area contributed by atoms with E-state index < -0.39 is 16.1 Å². The number of amides is 1. The molecule has 8 nitrogen and oxygen atoms in total. The van der Waals surface area contributed by atoms with Crippen LogP contribution in [-0.2, 0) is 21.4 Å². The fourth-order valence-corrected chi connectivity index (χ4v) is 4.77. The molecule has 1 unspecified atom stereocenters. The largest absolute Gasteiger partial charge is 0.322 e. The van der Waals surface area contributed by atoms with Gasteiger partial charge in [0.05, 0.1) is 23.3 Å². The second-order valence-electron chi connectivity index (χ2n) is 6.87. The molecule has 27 heavy (non-hydrogen) atoms. The monoisotopic (exact) mass is 391 g/mol. The molecule has 2 aromatic rings. The van der Waals surface area contributed by atoms with Gasteiger partial charge in [-0.3, -0.25) is 9.48 Å². The Hall–Kier alpha value is -2.23. The van der Waals surface area contributed by atoms with Gasteiger partial charge in [-0.25, -0.2) is 8.42 Å². The molecule has 1 saturated heterocycles. The molecule has 1 fully saturated rings. The number of likely N-dealkylation sites (N-methyl/N-ethyl adjacent to an activating group) is 1. The lowest BCUT2D eigenvalue weighted by Gasteiger charge is -2.23. The van der Waals surface area contributed by atoms with Crippen LogP contribution in [-0.4, -0.2) is 66.5 Å². The summed E-state index contributed by atoms with van der Waals surface area (Å²) in [4.78, 5) is 15.0. The molecule has 1 amide bonds. The summed E-state index contributed by atoms with van der Waals surface area (Å²) in [6, 6.07) is 7.52. The molecule has 3 rings (SSSR count). The molecule has 1 atom stereocenters. The molecule has 1 aliphatic rings. The molecule has 0 aliphatic carbocycles. The van der Waals surface area contributed by atoms with Gasteiger partial charge in [0, 0.05) is 19.3 Å². The van der Waals surface area contributed by atoms with Gasteiger partial charge in [0.1, 0.15) is 6.04 Å². The van der Waals surface area contributed by atoms with Crippen molar-refractivity contribution in [2.45, 2.75) is 30.3 Å². The van der Waals surface area contributed by atoms with Crippen LogP contribution >= 0.6 is 0 Å². The smallest absolute Gasteiger partial charge is 0.243 e. The third kappa shape index (κ3) is 4.55. The average Bonchev–Trinajstić information content (AvgIpc) is 3.30. The zero-order chi connectivity index (χ0) is 19.4. The molecule has 0 radical (unpaired) electrons. The Kier molecular flexibility index (Phi) is 5.93. The van der Waals surface area contributed by atoms with Crippen LogP contribution in [0.3, 0.4) is 0 Å². The third-order valence-corrected chi connectivity index (χ3v) is 6.46. The highest BCUT2D eigenvalue weighted by atomic mass is 32.2. The first-order valence-electron chi connectivity index (χ1n) is 8.93. The highest BCUT2D eigenvalue weighted by Gasteiger charge is 2.39. The van der Waals surface area contributed by atoms with E-state index in [4.69, 9.17) is 0 Å². The summed E-state index contributed by atoms with van der Waals surface area (Å²) in [5.41, 5.74) is 0.572. The third-order valence-electron chi connectivity index (χ3n) is 4.53. The van der Waals surface area contributed by atoms with E-state index in [1.807, 2.05) is 19.0 Å². The maximum absolute atomic E-state index is 12.9. The summed E-state index contributed by atoms with van der Waals surface area (Å²) in [7, 11) is 0.268. The lowest BCUT2D eigenvalue weighted by molar-refractivity contribution is -0.119. The summed E-state index contributed by atoms with van der Waals surface area (Å²) in [6.45, 7) is 1.89. The second kappa shape index (κ2) is 8.20. The molecular formula is C18H25N5O3S. The Balaban J connectivity index is 1.69. The number of benzene rings is 1. The lowest BCUT2D eigenvalue weighted by Crippen LogP contribution is -2.43. The van der Waals surface area contributed by atoms with E-state index in [0.29, 0.717) is 31.6 Å². The van der Waals surface area contributed by atoms with Crippen LogP contribution in [0.4, 0.5) is 5.69 Å². The molecule has 1 N–H and O–H groups in total. The van der Waals surface area contributed by atoms with E-state index in [1.54, 1.807) is 47.4 Å². The molecule has 1 aliphatic heterocycles. The van der Waals surface area contributed by atoms with Gasteiger partial charge < -0.3 is 10.2 Å². The zero-order valence-corrected chi connectivity index (χ0v) is 16.4. The Morgan fingerprint density at radius 1 is 1.30 bits per heavy atom. The van der Waals surface area contributed by atoms with Crippen molar-refractivity contribution in [1.29, 1.82) is 0 Å². The molecule has 1 aromatic carbocycles. The van der Waals surface area contributed by atoms with Gasteiger partial charge in [0.2, 0.25) is 15.9 Å². The number of carbonyl (C=O) groups is 1. The number of nitrogens with one attached hydrogen (secondary N) is 1. The molecule has 9 heteroatoms. The van der Waals surface area contributed by atoms with Crippen LogP contribution in [0, 0.1) is 0 Å². The average molecular weight is 391 g/mol. The normalized spacial score (nSPS) is 18.1. The Morgan fingerprint density at radius 3 is 2.74 bits per heavy atom. The van der Waals surface area contributed by atoms with Crippen LogP contribution in [0.25, 0.3) is 0 Å². The first-order valence-corrected chi connectivity index (χ1v) is 10.4. The SMILES string of the molecule is CN(C)CCn1cc(NC(=O)C2CCCN2S(=O)(=O)c2ccccc2)cn1. The summed E-state index contributed by atoms with van der Waals surface area (Å²) >= 11 is 0. The molecule has 0 spiro atoms. The lowest BCUT2D eigenvalue weighted by atomic mass is 10.2. The number of hydrogen-bond donors (Lipinski definition) is 1. The Morgan fingerprint density at radius 2 is 2.04 bits per heavy atom. The maximum atomic E-state index is 12.9. The van der Waals surface area contributed by atoms with Gasteiger partial charge in [-0.2, -0.15) is 9.40 Å². The van der Waals surface area contributed by atoms with Crippen molar-refractivity contribution in [3.05, 3.63) is 42.7 Å². The predicted molar refractivity (Wildman–Crippen MR) is 103 cm³/mol. The molecule has 0 bridgehead atoms. The van der Waals surface area contributed by atoms with Gasteiger partial charge >= 0.3 is 0 Å². The zero-order valence-electron chi connectivity index (χ0n) is 15.6. The van der Waals surface area contributed by atoms with E-state index in [-0.39, 0.29) is 10.8 Å². The Labute approximate surface area is 159 Å². The van der Waals surface area contributed by atoms with Gasteiger partial charge in [-0.05, 0) is 39.1 Å². The fourth-order valence-electron chi connectivity index (χ4n) is 3.10. The van der Waals surface area contributed by atoms with Gasteiger partial charge in [0.25, 0.3) is 0 Å². The number of rotatable bonds is 7. The summed E-state index contributed by atoms with van der Waals surface area (Å²) in [5.74, 6) is -0.320. The van der Waals surface area contributed by atoms with Crippen molar-refractivity contribution in [2.75, 3.05) is 32.5 Å². The van der Waals surface area contributed by atoms with Crippen LogP contribution < -0.4 is 5.32 Å². The number of nitrogens with zero attached hydrogens (tertiary/aromatic N) is 4. The predicted octanol–water partition coefficient (Wildman–Crippen LogP) is 1.24. The van der Waals surface area contributed by atoms with Gasteiger partial charge in [-0.15, -0.1) is 0 Å². The quantitative estimate of drug-likeness (QED) is 0.767. The molecule has 1 aromatic heterocycles. The standard InChI is InChI=1S/C18H25N5O3S/c1-21(2)11-12-22-14-15(13-19-22)20-18(24)17-9-6-10-23(17)27(25,26)16-7-4-3-5-8-16/h3-5,7-8,13-14,17H,6,9-12H2,1-2H3,(H,20,24). The van der Waals surface area contributed by atoms with E-state index >= 15 is 0 Å². The van der Waals surface area contributed by atoms with Crippen LogP contribution in [0.2, 0.25) is 0 Å². The number of aromatic nitrogens is 2. The van der Waals surface area contributed by atoms with Gasteiger partial charge in [-0.1, -0.05) is 18.2 Å². The fraction of sp³-hybridized carbons (Fsp3) is 0.444. The van der Waals surface area contributed by atoms with E-state index in [1.165, 1.54) is 4.31 Å². The maximum Gasteiger partial charge on any atom is 0.243 e. The highest BCUT2D eigenvalue weighted by Crippen LogP contribution is 2.26. The topological polar surface area (TPSA) is 87.5 Å². The van der Waals surface area contributed by atoms with Crippen molar-refractivity contribution in [1.82, 2.24) is 19.0 Å². The summed E-state index contributed by atoms with van der Waals surface area (Å²) < 4.78 is 28.8. The van der Waals surface area contributed by atoms with E-state index in [0.717, 1.165) is 6.54 Å². The van der Waals surface area contributed by atoms with Crippen LogP contribution in [0.5, 0.6) is 0 Å². The number of hydrogen-bond acceptors (Lipinski definition) is 5. The Bertz CT molecular complexity index is 879. The van der Waals surface area contributed by atoms with Gasteiger partial charge in [0.15, 0.2) is 0 Å². The van der Waals surface area contributed by atoms with Crippen molar-refractivity contribution < 1.29 is 13.2 Å². The molecule has 146 valence electrons. The van der Waals surface area contributed by atoms with Crippen molar-refractivity contribution in [2.24, 2.45) is 0 Å². The summed E-state index contributed by atoms with van der Waals surface area (Å²) in [5, 5.41) is 7.03. The number of sulfonamides is 1. The van der Waals surface area contributed by atoms with Crippen molar-refractivity contribution in [3.8, 4) is 0 Å². The van der Waals surface area contributed by atoms with Crippen molar-refractivity contribution >= 4 is 21.6 Å². The first kappa shape index (κ1) is 19.5. The first-order chi connectivity index (χ1) is 12.9.